The number of aromatic nitrogens is 6. The quantitative estimate of drug-likeness (QED) is 0.0234. The number of anilines is 1. The van der Waals surface area contributed by atoms with Gasteiger partial charge in [-0.2, -0.15) is 11.8 Å². The molecule has 48 nitrogen and oxygen atoms in total. The lowest BCUT2D eigenvalue weighted by atomic mass is 9.95. The highest BCUT2D eigenvalue weighted by Crippen LogP contribution is 2.41. The number of aryl methyl sites for hydroxylation is 2. The number of carbonyl (C=O) groups excluding carboxylic acids is 6. The largest absolute Gasteiger partial charge is 0.394 e. The highest BCUT2D eigenvalue weighted by molar-refractivity contribution is 8.00. The first kappa shape index (κ1) is 99.1. The summed E-state index contributed by atoms with van der Waals surface area (Å²) in [5, 5.41) is 226. The van der Waals surface area contributed by atoms with Crippen molar-refractivity contribution >= 4 is 52.9 Å². The summed E-state index contributed by atoms with van der Waals surface area (Å²) in [6.07, 6.45) is -37.2. The van der Waals surface area contributed by atoms with E-state index in [-0.39, 0.29) is 72.6 Å². The zero-order chi connectivity index (χ0) is 90.0. The van der Waals surface area contributed by atoms with Crippen molar-refractivity contribution in [2.45, 2.75) is 312 Å². The van der Waals surface area contributed by atoms with Crippen molar-refractivity contribution in [2.75, 3.05) is 63.9 Å². The average Bonchev–Trinajstić information content (AvgIpc) is 1.58. The first-order chi connectivity index (χ1) is 59.9. The molecule has 0 spiro atoms. The fourth-order valence-electron chi connectivity index (χ4n) is 16.2. The van der Waals surface area contributed by atoms with E-state index in [0.29, 0.717) is 88.2 Å². The number of benzene rings is 1. The second kappa shape index (κ2) is 46.8. The van der Waals surface area contributed by atoms with Crippen LogP contribution < -0.4 is 31.9 Å². The fourth-order valence-corrected chi connectivity index (χ4v) is 17.8. The van der Waals surface area contributed by atoms with Crippen LogP contribution in [0.4, 0.5) is 5.69 Å². The number of hydrogen-bond donors (Lipinski definition) is 24. The molecule has 0 saturated carbocycles. The zero-order valence-electron chi connectivity index (χ0n) is 68.6. The molecule has 2 aromatic heterocycles. The molecule has 8 fully saturated rings. The van der Waals surface area contributed by atoms with E-state index >= 15 is 0 Å². The van der Waals surface area contributed by atoms with Gasteiger partial charge in [0.1, 0.15) is 158 Å². The Morgan fingerprint density at radius 3 is 1.26 bits per heavy atom. The highest BCUT2D eigenvalue weighted by atomic mass is 32.2. The molecule has 125 heavy (non-hydrogen) atoms. The van der Waals surface area contributed by atoms with Gasteiger partial charge in [-0.3, -0.25) is 38.1 Å². The minimum Gasteiger partial charge on any atom is -0.394 e. The topological polar surface area (TPSA) is 711 Å². The summed E-state index contributed by atoms with van der Waals surface area (Å²) < 4.78 is 72.1. The van der Waals surface area contributed by atoms with E-state index in [2.05, 4.69) is 52.5 Å². The Morgan fingerprint density at radius 2 is 0.848 bits per heavy atom. The van der Waals surface area contributed by atoms with Crippen LogP contribution in [0.2, 0.25) is 0 Å². The van der Waals surface area contributed by atoms with Crippen molar-refractivity contribution in [2.24, 2.45) is 5.92 Å². The van der Waals surface area contributed by atoms with Gasteiger partial charge < -0.3 is 181 Å². The van der Waals surface area contributed by atoms with Crippen LogP contribution >= 0.6 is 11.8 Å². The van der Waals surface area contributed by atoms with Crippen LogP contribution in [0.5, 0.6) is 0 Å². The minimum absolute atomic E-state index is 0.00172. The fraction of sp³-hybridized carbons (Fsp3) is 0.789. The Balaban J connectivity index is 0.601. The lowest BCUT2D eigenvalue weighted by molar-refractivity contribution is -0.374. The first-order valence-electron chi connectivity index (χ1n) is 41.8. The van der Waals surface area contributed by atoms with Crippen LogP contribution in [-0.4, -0.2) is 411 Å². The predicted molar refractivity (Wildman–Crippen MR) is 418 cm³/mol. The molecule has 0 aliphatic carbocycles. The van der Waals surface area contributed by atoms with Crippen molar-refractivity contribution in [3.05, 3.63) is 53.1 Å². The molecule has 33 atom stereocenters. The van der Waals surface area contributed by atoms with Gasteiger partial charge in [-0.15, -0.1) is 10.2 Å². The summed E-state index contributed by atoms with van der Waals surface area (Å²) >= 11 is 1.83. The van der Waals surface area contributed by atoms with E-state index in [1.165, 1.54) is 18.2 Å². The molecular formula is C76H118N12O36S. The normalized spacial score (nSPS) is 36.6. The molecule has 10 heterocycles. The molecule has 6 amide bonds. The maximum Gasteiger partial charge on any atom is 0.251 e. The summed E-state index contributed by atoms with van der Waals surface area (Å²) in [6.45, 7) is -2.07. The molecule has 0 bridgehead atoms. The third-order valence-corrected chi connectivity index (χ3v) is 24.5. The number of unbranched alkanes of at least 4 members (excludes halogenated alkanes) is 6. The molecule has 0 radical (unpaired) electrons. The molecule has 8 aliphatic heterocycles. The molecule has 704 valence electrons. The molecule has 1 aromatic carbocycles. The number of aliphatic hydroxyl groups is 18. The Kier molecular flexibility index (Phi) is 37.1. The van der Waals surface area contributed by atoms with Gasteiger partial charge in [-0.25, -0.2) is 0 Å². The van der Waals surface area contributed by atoms with Gasteiger partial charge in [-0.1, -0.05) is 29.7 Å². The lowest BCUT2D eigenvalue weighted by Gasteiger charge is -2.48. The van der Waals surface area contributed by atoms with Crippen molar-refractivity contribution < 1.29 is 178 Å². The molecule has 24 N–H and O–H groups in total. The molecule has 49 heteroatoms. The number of ether oxygens (including phenoxy) is 12. The van der Waals surface area contributed by atoms with E-state index in [1.807, 2.05) is 11.8 Å². The Labute approximate surface area is 719 Å². The number of rotatable bonds is 43. The van der Waals surface area contributed by atoms with Crippen LogP contribution in [-0.2, 0) is 102 Å². The number of amides is 6. The maximum absolute atomic E-state index is 13.9. The summed E-state index contributed by atoms with van der Waals surface area (Å²) in [6, 6.07) is 1.46. The number of thioether (sulfide) groups is 1. The van der Waals surface area contributed by atoms with Gasteiger partial charge in [0.25, 0.3) is 11.8 Å². The molecule has 3 aromatic rings. The number of aliphatic hydroxyl groups excluding tert-OH is 18. The lowest BCUT2D eigenvalue weighted by Crippen LogP contribution is -2.68. The van der Waals surface area contributed by atoms with Crippen molar-refractivity contribution in [1.29, 1.82) is 0 Å². The number of hydrogen-bond acceptors (Lipinski definition) is 41. The van der Waals surface area contributed by atoms with Crippen LogP contribution in [0.3, 0.4) is 0 Å². The number of fused-ring (bicyclic) bond motifs is 1. The number of nitrogens with zero attached hydrogens (tertiary/aromatic N) is 6. The smallest absolute Gasteiger partial charge is 0.251 e. The summed E-state index contributed by atoms with van der Waals surface area (Å²) in [5.41, 5.74) is 1.03. The third-order valence-electron chi connectivity index (χ3n) is 23.0. The Bertz CT molecular complexity index is 3920. The van der Waals surface area contributed by atoms with Gasteiger partial charge in [-0.05, 0) is 74.8 Å². The molecule has 8 aliphatic rings. The average molecular weight is 1810 g/mol. The second-order valence-electron chi connectivity index (χ2n) is 32.1. The minimum atomic E-state index is -2.01. The van der Waals surface area contributed by atoms with Crippen LogP contribution in [0, 0.1) is 5.92 Å². The van der Waals surface area contributed by atoms with Gasteiger partial charge in [0, 0.05) is 81.1 Å². The van der Waals surface area contributed by atoms with E-state index < -0.39 is 247 Å². The second-order valence-corrected chi connectivity index (χ2v) is 33.4. The summed E-state index contributed by atoms with van der Waals surface area (Å²) in [4.78, 5) is 77.4. The van der Waals surface area contributed by atoms with E-state index in [4.69, 9.17) is 56.8 Å². The van der Waals surface area contributed by atoms with Gasteiger partial charge in [0.05, 0.1) is 65.1 Å². The summed E-state index contributed by atoms with van der Waals surface area (Å²) in [5.74, 6) is -1.65. The van der Waals surface area contributed by atoms with Crippen LogP contribution in [0.25, 0.3) is 0 Å². The Morgan fingerprint density at radius 1 is 0.464 bits per heavy atom. The van der Waals surface area contributed by atoms with Crippen LogP contribution in [0.15, 0.2) is 30.6 Å². The van der Waals surface area contributed by atoms with Crippen molar-refractivity contribution in [3.8, 4) is 0 Å². The van der Waals surface area contributed by atoms with Gasteiger partial charge >= 0.3 is 0 Å². The zero-order valence-corrected chi connectivity index (χ0v) is 69.4. The van der Waals surface area contributed by atoms with E-state index in [0.717, 1.165) is 32.4 Å². The standard InChI is InChI=1S/C76H118N12O36S/c1-33(95)79-51-55(101)53(99)41(26-89)115-71(51)121-65-45(30-93)119-75(63(109)59(65)105)123-67-43(28-91)117-73(61(107)57(67)103)113-16-10-4-3-8-14-87-24-39(83-85-87)22-77-69(111)35-18-36(20-38(19-35)81-48(97)13-7-6-12-47-50-37(32-125-47)21-49(98)82-50)70(112)78-23-40-25-88(86-84-40)15-9-5-11-17-114-74-62(108)58(104)68(44(29-92)118-74)124-76-64(110)60(106)66(46(31-94)120-76)122-72-52(80-34(2)96)56(102)54(100)42(27-90)116-72/h18-20,24-25,37,41-47,50-68,71-76,89-94,99-110H,3-17,21-23,26-32H2,1-2H3,(H,77,111)(H,78,112)(H,79,95)(H,80,96)(H,81,97)(H,82,98)/t37-,41?,42?,43?,44?,45?,46?,47-,50-,51?,52?,53+,54+,55-,56-,57-,58-,59-,60-,61?,62?,63?,64?,65+,66+,67+,68+,71+,72+,73-,74-,75+,76+/m1/s1. The van der Waals surface area contributed by atoms with Crippen molar-refractivity contribution in [3.63, 3.8) is 0 Å². The SMILES string of the molecule is CC(=O)NC1[C@H](O[C@H]2C(CO)O[C@@H](O[C@H]3C(CO)O[C@@H](OCCCCCCn4cc(CNC(=O)c5cc(NC(=O)CCCC[C@H]6SC[C@H]7CC(=O)N[C@H]76)cc(C(=O)NCc6cn(CCCCCO[C@@H]7OC(CO)[C@H](O[C@@H]8OC(CO)[C@H](O[C@@H]9OC(CO)[C@H](O)[C@H](O)C9NC(C)=O)[C@H](O)C8O)[C@H](O)C7O)nn6)c5)nn4)C(O)[C@H]3O)C(O)[C@H]2O)OC(CO)[C@H](O)[C@@H]1O. The van der Waals surface area contributed by atoms with Crippen molar-refractivity contribution in [1.82, 2.24) is 56.6 Å². The highest BCUT2D eigenvalue weighted by Gasteiger charge is 2.57. The van der Waals surface area contributed by atoms with E-state index in [9.17, 15) is 121 Å². The number of nitrogens with one attached hydrogen (secondary N) is 6. The third kappa shape index (κ3) is 25.4. The van der Waals surface area contributed by atoms with Crippen LogP contribution in [0.1, 0.15) is 123 Å². The maximum atomic E-state index is 13.9. The number of carbonyl (C=O) groups is 6. The summed E-state index contributed by atoms with van der Waals surface area (Å²) in [7, 11) is 0. The molecule has 11 rings (SSSR count). The van der Waals surface area contributed by atoms with E-state index in [1.54, 1.807) is 21.8 Å². The van der Waals surface area contributed by atoms with Gasteiger partial charge in [0.2, 0.25) is 23.6 Å². The molecule has 8 saturated heterocycles. The molecule has 12 unspecified atom stereocenters. The first-order valence-corrected chi connectivity index (χ1v) is 42.8. The monoisotopic (exact) mass is 1810 g/mol. The predicted octanol–water partition coefficient (Wildman–Crippen LogP) is -10.2. The Hall–Kier alpha value is -6.53. The molecular weight excluding hydrogens is 1690 g/mol. The van der Waals surface area contributed by atoms with Gasteiger partial charge in [0.15, 0.2) is 37.7 Å².